The molecule has 0 radical (unpaired) electrons. The Morgan fingerprint density at radius 3 is 2.50 bits per heavy atom. The van der Waals surface area contributed by atoms with Crippen molar-refractivity contribution in [2.45, 2.75) is 98.8 Å². The minimum Gasteiger partial charge on any atom is -0.501 e. The largest absolute Gasteiger partial charge is 0.501 e. The Balaban J connectivity index is 1.93. The molecule has 0 amide bonds. The van der Waals surface area contributed by atoms with E-state index in [1.165, 1.54) is 40.7 Å². The fourth-order valence-electron chi connectivity index (χ4n) is 5.73. The number of benzene rings is 1. The van der Waals surface area contributed by atoms with E-state index in [0.29, 0.717) is 5.92 Å². The molecular formula is C41H56N2O. The number of methoxy groups -OCH3 is 1. The molecule has 3 nitrogen and oxygen atoms in total. The number of allylic oxidation sites excluding steroid dienone is 8. The summed E-state index contributed by atoms with van der Waals surface area (Å²) < 4.78 is 5.53. The molecular weight excluding hydrogens is 536 g/mol. The molecule has 0 saturated heterocycles. The summed E-state index contributed by atoms with van der Waals surface area (Å²) in [6.45, 7) is 25.7. The first kappa shape index (κ1) is 36.4. The molecule has 1 aromatic heterocycles. The number of rotatable bonds is 19. The molecule has 0 aliphatic carbocycles. The molecule has 1 aromatic carbocycles. The van der Waals surface area contributed by atoms with Crippen LogP contribution in [0.1, 0.15) is 115 Å². The van der Waals surface area contributed by atoms with Gasteiger partial charge in [-0.2, -0.15) is 0 Å². The van der Waals surface area contributed by atoms with Gasteiger partial charge in [0.2, 0.25) is 0 Å². The minimum absolute atomic E-state index is 0.572. The molecule has 3 heteroatoms. The van der Waals surface area contributed by atoms with E-state index in [1.54, 1.807) is 7.11 Å². The van der Waals surface area contributed by atoms with Crippen LogP contribution >= 0.6 is 0 Å². The molecule has 0 aliphatic rings. The van der Waals surface area contributed by atoms with Gasteiger partial charge in [0.15, 0.2) is 0 Å². The number of unbranched alkanes of at least 4 members (excludes halogenated alkanes) is 1. The summed E-state index contributed by atoms with van der Waals surface area (Å²) in [6.07, 6.45) is 16.4. The predicted octanol–water partition coefficient (Wildman–Crippen LogP) is 11.8. The van der Waals surface area contributed by atoms with Gasteiger partial charge in [-0.3, -0.25) is 4.99 Å². The number of aromatic nitrogens is 1. The number of nitrogens with one attached hydrogen (secondary N) is 1. The third-order valence-electron chi connectivity index (χ3n) is 8.49. The maximum Gasteiger partial charge on any atom is 0.0965 e. The van der Waals surface area contributed by atoms with Crippen molar-refractivity contribution in [1.82, 2.24) is 4.98 Å². The molecule has 0 fully saturated rings. The molecule has 0 saturated carbocycles. The molecule has 2 aromatic rings. The van der Waals surface area contributed by atoms with E-state index >= 15 is 0 Å². The topological polar surface area (TPSA) is 37.4 Å². The monoisotopic (exact) mass is 592 g/mol. The van der Waals surface area contributed by atoms with Gasteiger partial charge in [0.1, 0.15) is 0 Å². The SMILES string of the molecule is C=CC=C(CCCCC(CC)c1cccc(CCN=C(C)C(=C)CCC(C(C)=C=CC)=C(C)OC)c1)c1cc[nH]c1C(=C)C. The van der Waals surface area contributed by atoms with E-state index in [0.717, 1.165) is 79.0 Å². The summed E-state index contributed by atoms with van der Waals surface area (Å²) in [5.41, 5.74) is 15.3. The van der Waals surface area contributed by atoms with Gasteiger partial charge in [0.05, 0.1) is 12.9 Å². The summed E-state index contributed by atoms with van der Waals surface area (Å²) in [5, 5.41) is 0. The van der Waals surface area contributed by atoms with Crippen molar-refractivity contribution in [1.29, 1.82) is 0 Å². The Kier molecular flexibility index (Phi) is 16.1. The molecule has 1 unspecified atom stereocenters. The Labute approximate surface area is 268 Å². The highest BCUT2D eigenvalue weighted by molar-refractivity contribution is 5.97. The fraction of sp³-hybridized carbons (Fsp3) is 0.415. The van der Waals surface area contributed by atoms with Crippen LogP contribution in [-0.2, 0) is 11.2 Å². The van der Waals surface area contributed by atoms with E-state index < -0.39 is 0 Å². The van der Waals surface area contributed by atoms with Gasteiger partial charge < -0.3 is 9.72 Å². The smallest absolute Gasteiger partial charge is 0.0965 e. The van der Waals surface area contributed by atoms with E-state index in [1.807, 2.05) is 32.2 Å². The Bertz CT molecular complexity index is 1420. The van der Waals surface area contributed by atoms with Crippen LogP contribution in [0.25, 0.3) is 11.1 Å². The number of nitrogens with zero attached hydrogens (tertiary/aromatic N) is 1. The third kappa shape index (κ3) is 11.4. The number of aliphatic imine (C=N–C) groups is 1. The summed E-state index contributed by atoms with van der Waals surface area (Å²) in [7, 11) is 1.72. The number of hydrogen-bond acceptors (Lipinski definition) is 2. The van der Waals surface area contributed by atoms with Crippen molar-refractivity contribution in [3.63, 3.8) is 0 Å². The molecule has 236 valence electrons. The Morgan fingerprint density at radius 2 is 1.84 bits per heavy atom. The second-order valence-corrected chi connectivity index (χ2v) is 11.7. The number of ether oxygens (including phenoxy) is 1. The highest BCUT2D eigenvalue weighted by Crippen LogP contribution is 2.31. The summed E-state index contributed by atoms with van der Waals surface area (Å²) in [5.74, 6) is 1.51. The summed E-state index contributed by atoms with van der Waals surface area (Å²) in [4.78, 5) is 8.23. The predicted molar refractivity (Wildman–Crippen MR) is 194 cm³/mol. The van der Waals surface area contributed by atoms with Crippen molar-refractivity contribution in [3.8, 4) is 0 Å². The number of hydrogen-bond donors (Lipinski definition) is 1. The van der Waals surface area contributed by atoms with Gasteiger partial charge in [-0.25, -0.2) is 0 Å². The highest BCUT2D eigenvalue weighted by Gasteiger charge is 2.13. The molecule has 1 heterocycles. The first-order valence-corrected chi connectivity index (χ1v) is 16.2. The zero-order valence-corrected chi connectivity index (χ0v) is 28.6. The summed E-state index contributed by atoms with van der Waals surface area (Å²) >= 11 is 0. The molecule has 0 bridgehead atoms. The third-order valence-corrected chi connectivity index (χ3v) is 8.49. The normalized spacial score (nSPS) is 13.1. The van der Waals surface area contributed by atoms with Crippen LogP contribution in [0.3, 0.4) is 0 Å². The Hall–Kier alpha value is -3.81. The molecule has 0 spiro atoms. The van der Waals surface area contributed by atoms with Crippen LogP contribution in [0.2, 0.25) is 0 Å². The highest BCUT2D eigenvalue weighted by atomic mass is 16.5. The minimum atomic E-state index is 0.572. The lowest BCUT2D eigenvalue weighted by Gasteiger charge is -2.17. The van der Waals surface area contributed by atoms with Gasteiger partial charge in [0.25, 0.3) is 0 Å². The lowest BCUT2D eigenvalue weighted by Crippen LogP contribution is -2.03. The van der Waals surface area contributed by atoms with Crippen LogP contribution in [0.15, 0.2) is 108 Å². The number of aromatic amines is 1. The van der Waals surface area contributed by atoms with Crippen molar-refractivity contribution in [2.24, 2.45) is 4.99 Å². The van der Waals surface area contributed by atoms with Gasteiger partial charge in [0, 0.05) is 35.3 Å². The number of H-pyrrole nitrogens is 1. The van der Waals surface area contributed by atoms with Crippen molar-refractivity contribution < 1.29 is 4.74 Å². The standard InChI is InChI=1S/C41H56N2O/c1-11-17-32(7)39(34(9)44-10)24-23-31(6)33(8)42-27-25-35-19-16-22-38(29-35)36(13-3)20-14-15-21-37(18-12-2)40-26-28-43-41(40)30(4)5/h11-12,16,18-19,22,26,28-29,36,43H,2,4,6,13-15,20-21,23-25,27H2,1,3,5,7-10H3. The van der Waals surface area contributed by atoms with Gasteiger partial charge in [-0.1, -0.05) is 69.5 Å². The van der Waals surface area contributed by atoms with Crippen LogP contribution in [0, 0.1) is 0 Å². The van der Waals surface area contributed by atoms with Gasteiger partial charge >= 0.3 is 0 Å². The zero-order valence-electron chi connectivity index (χ0n) is 28.6. The van der Waals surface area contributed by atoms with E-state index in [9.17, 15) is 0 Å². The molecule has 1 N–H and O–H groups in total. The average molecular weight is 593 g/mol. The molecule has 2 rings (SSSR count). The molecule has 1 atom stereocenters. The quantitative estimate of drug-likeness (QED) is 0.0569. The van der Waals surface area contributed by atoms with E-state index in [-0.39, 0.29) is 0 Å². The average Bonchev–Trinajstić information content (AvgIpc) is 3.51. The van der Waals surface area contributed by atoms with E-state index in [2.05, 4.69) is 94.6 Å². The van der Waals surface area contributed by atoms with E-state index in [4.69, 9.17) is 9.73 Å². The van der Waals surface area contributed by atoms with Gasteiger partial charge in [-0.05, 0) is 131 Å². The lowest BCUT2D eigenvalue weighted by atomic mass is 9.89. The zero-order chi connectivity index (χ0) is 32.5. The maximum atomic E-state index is 5.53. The summed E-state index contributed by atoms with van der Waals surface area (Å²) in [6, 6.07) is 11.3. The van der Waals surface area contributed by atoms with Gasteiger partial charge in [-0.15, -0.1) is 5.73 Å². The fourth-order valence-corrected chi connectivity index (χ4v) is 5.73. The molecule has 0 aliphatic heterocycles. The van der Waals surface area contributed by atoms with Crippen LogP contribution in [0.5, 0.6) is 0 Å². The second-order valence-electron chi connectivity index (χ2n) is 11.7. The van der Waals surface area contributed by atoms with Crippen molar-refractivity contribution in [2.75, 3.05) is 13.7 Å². The first-order chi connectivity index (χ1) is 21.2. The van der Waals surface area contributed by atoms with Crippen molar-refractivity contribution in [3.05, 3.63) is 125 Å². The molecule has 44 heavy (non-hydrogen) atoms. The van der Waals surface area contributed by atoms with Crippen LogP contribution in [0.4, 0.5) is 0 Å². The maximum absolute atomic E-state index is 5.53. The first-order valence-electron chi connectivity index (χ1n) is 16.2. The van der Waals surface area contributed by atoms with Crippen LogP contribution in [-0.4, -0.2) is 24.4 Å². The second kappa shape index (κ2) is 19.5. The van der Waals surface area contributed by atoms with Crippen molar-refractivity contribution >= 4 is 16.9 Å². The lowest BCUT2D eigenvalue weighted by molar-refractivity contribution is 0.288. The Morgan fingerprint density at radius 1 is 1.07 bits per heavy atom. The van der Waals surface area contributed by atoms with Crippen LogP contribution < -0.4 is 0 Å².